The van der Waals surface area contributed by atoms with Crippen molar-refractivity contribution in [3.05, 3.63) is 0 Å². The highest BCUT2D eigenvalue weighted by atomic mass is 16.4. The van der Waals surface area contributed by atoms with Crippen molar-refractivity contribution in [2.45, 2.75) is 38.6 Å². The number of carbonyl (C=O) groups is 2. The van der Waals surface area contributed by atoms with Crippen LogP contribution in [-0.4, -0.2) is 42.8 Å². The van der Waals surface area contributed by atoms with Gasteiger partial charge in [0.2, 0.25) is 0 Å². The Morgan fingerprint density at radius 2 is 2.00 bits per heavy atom. The molecule has 0 saturated heterocycles. The van der Waals surface area contributed by atoms with E-state index in [1.165, 1.54) is 12.8 Å². The molecule has 0 aromatic carbocycles. The monoisotopic (exact) mass is 257 g/mol. The largest absolute Gasteiger partial charge is 0.481 e. The Kier molecular flexibility index (Phi) is 6.49. The summed E-state index contributed by atoms with van der Waals surface area (Å²) >= 11 is 0. The quantitative estimate of drug-likeness (QED) is 0.454. The van der Waals surface area contributed by atoms with Crippen LogP contribution in [0, 0.1) is 5.92 Å². The number of amides is 2. The first kappa shape index (κ1) is 14.8. The number of hydrogen-bond donors (Lipinski definition) is 4. The Labute approximate surface area is 108 Å². The van der Waals surface area contributed by atoms with E-state index in [4.69, 9.17) is 5.11 Å². The van der Waals surface area contributed by atoms with Gasteiger partial charge in [-0.25, -0.2) is 4.79 Å². The third-order valence-electron chi connectivity index (χ3n) is 3.00. The molecule has 1 rings (SSSR count). The molecule has 104 valence electrons. The molecule has 0 aliphatic heterocycles. The maximum Gasteiger partial charge on any atom is 0.314 e. The van der Waals surface area contributed by atoms with Gasteiger partial charge in [0, 0.05) is 19.1 Å². The van der Waals surface area contributed by atoms with Gasteiger partial charge in [0.1, 0.15) is 0 Å². The van der Waals surface area contributed by atoms with Crippen LogP contribution in [0.4, 0.5) is 4.79 Å². The minimum Gasteiger partial charge on any atom is -0.481 e. The van der Waals surface area contributed by atoms with Crippen LogP contribution in [0.1, 0.15) is 32.6 Å². The van der Waals surface area contributed by atoms with Crippen molar-refractivity contribution in [1.82, 2.24) is 16.0 Å². The van der Waals surface area contributed by atoms with Gasteiger partial charge in [-0.3, -0.25) is 4.79 Å². The van der Waals surface area contributed by atoms with Crippen molar-refractivity contribution >= 4 is 12.0 Å². The average molecular weight is 257 g/mol. The Hall–Kier alpha value is -1.30. The number of hydrogen-bond acceptors (Lipinski definition) is 3. The van der Waals surface area contributed by atoms with Gasteiger partial charge in [-0.2, -0.15) is 0 Å². The first-order chi connectivity index (χ1) is 8.63. The topological polar surface area (TPSA) is 90.5 Å². The molecule has 1 atom stereocenters. The molecule has 1 saturated carbocycles. The van der Waals surface area contributed by atoms with Crippen LogP contribution in [0.25, 0.3) is 0 Å². The molecule has 0 bridgehead atoms. The van der Waals surface area contributed by atoms with Gasteiger partial charge in [-0.05, 0) is 32.2 Å². The maximum atomic E-state index is 11.4. The van der Waals surface area contributed by atoms with E-state index in [2.05, 4.69) is 16.0 Å². The second-order valence-electron chi connectivity index (χ2n) is 4.66. The minimum absolute atomic E-state index is 0.179. The molecule has 1 unspecified atom stereocenters. The molecule has 4 N–H and O–H groups in total. The molecule has 18 heavy (non-hydrogen) atoms. The van der Waals surface area contributed by atoms with Crippen molar-refractivity contribution in [3.8, 4) is 0 Å². The SMILES string of the molecule is CCC(CNC(=O)NCCCNC1CC1)C(=O)O. The highest BCUT2D eigenvalue weighted by molar-refractivity contribution is 5.75. The number of carboxylic acid groups (broad SMARTS) is 1. The summed E-state index contributed by atoms with van der Waals surface area (Å²) in [5, 5.41) is 17.5. The van der Waals surface area contributed by atoms with Crippen LogP contribution in [0.3, 0.4) is 0 Å². The van der Waals surface area contributed by atoms with Crippen molar-refractivity contribution in [3.63, 3.8) is 0 Å². The molecule has 6 nitrogen and oxygen atoms in total. The van der Waals surface area contributed by atoms with Gasteiger partial charge in [-0.1, -0.05) is 6.92 Å². The zero-order chi connectivity index (χ0) is 13.4. The van der Waals surface area contributed by atoms with Crippen LogP contribution in [-0.2, 0) is 4.79 Å². The highest BCUT2D eigenvalue weighted by Gasteiger charge is 2.19. The van der Waals surface area contributed by atoms with E-state index >= 15 is 0 Å². The zero-order valence-corrected chi connectivity index (χ0v) is 10.9. The molecule has 0 heterocycles. The second-order valence-corrected chi connectivity index (χ2v) is 4.66. The molecular weight excluding hydrogens is 234 g/mol. The van der Waals surface area contributed by atoms with Gasteiger partial charge in [0.05, 0.1) is 5.92 Å². The molecule has 2 amide bonds. The van der Waals surface area contributed by atoms with E-state index < -0.39 is 11.9 Å². The van der Waals surface area contributed by atoms with E-state index in [1.807, 2.05) is 0 Å². The normalized spacial score (nSPS) is 16.1. The summed E-state index contributed by atoms with van der Waals surface area (Å²) in [5.74, 6) is -1.38. The fourth-order valence-corrected chi connectivity index (χ4v) is 1.57. The van der Waals surface area contributed by atoms with Crippen LogP contribution < -0.4 is 16.0 Å². The number of carbonyl (C=O) groups excluding carboxylic acids is 1. The van der Waals surface area contributed by atoms with E-state index in [0.29, 0.717) is 19.0 Å². The van der Waals surface area contributed by atoms with E-state index in [0.717, 1.165) is 13.0 Å². The summed E-state index contributed by atoms with van der Waals surface area (Å²) in [6.45, 7) is 3.49. The lowest BCUT2D eigenvalue weighted by Crippen LogP contribution is -2.40. The van der Waals surface area contributed by atoms with Gasteiger partial charge >= 0.3 is 12.0 Å². The predicted octanol–water partition coefficient (Wildman–Crippen LogP) is 0.539. The summed E-state index contributed by atoms with van der Waals surface area (Å²) in [6.07, 6.45) is 3.93. The summed E-state index contributed by atoms with van der Waals surface area (Å²) in [5.41, 5.74) is 0. The van der Waals surface area contributed by atoms with Gasteiger partial charge in [0.25, 0.3) is 0 Å². The molecular formula is C12H23N3O3. The minimum atomic E-state index is -0.869. The number of rotatable bonds is 9. The number of carboxylic acids is 1. The summed E-state index contributed by atoms with van der Waals surface area (Å²) in [6, 6.07) is 0.404. The lowest BCUT2D eigenvalue weighted by Gasteiger charge is -2.12. The Bertz CT molecular complexity index is 280. The van der Waals surface area contributed by atoms with Gasteiger partial charge in [0.15, 0.2) is 0 Å². The standard InChI is InChI=1S/C12H23N3O3/c1-2-9(11(16)17)8-15-12(18)14-7-3-6-13-10-4-5-10/h9-10,13H,2-8H2,1H3,(H,16,17)(H2,14,15,18). The maximum absolute atomic E-state index is 11.4. The summed E-state index contributed by atoms with van der Waals surface area (Å²) in [4.78, 5) is 22.1. The van der Waals surface area contributed by atoms with E-state index in [9.17, 15) is 9.59 Å². The molecule has 0 spiro atoms. The smallest absolute Gasteiger partial charge is 0.314 e. The van der Waals surface area contributed by atoms with Crippen LogP contribution >= 0.6 is 0 Å². The molecule has 1 aliphatic carbocycles. The first-order valence-electron chi connectivity index (χ1n) is 6.61. The lowest BCUT2D eigenvalue weighted by atomic mass is 10.1. The molecule has 1 fully saturated rings. The Balaban J connectivity index is 1.96. The summed E-state index contributed by atoms with van der Waals surface area (Å²) in [7, 11) is 0. The molecule has 6 heteroatoms. The first-order valence-corrected chi connectivity index (χ1v) is 6.61. The fourth-order valence-electron chi connectivity index (χ4n) is 1.57. The Morgan fingerprint density at radius 1 is 1.28 bits per heavy atom. The number of urea groups is 1. The predicted molar refractivity (Wildman–Crippen MR) is 68.5 cm³/mol. The summed E-state index contributed by atoms with van der Waals surface area (Å²) < 4.78 is 0. The van der Waals surface area contributed by atoms with Crippen LogP contribution in [0.15, 0.2) is 0 Å². The van der Waals surface area contributed by atoms with Crippen molar-refractivity contribution in [2.75, 3.05) is 19.6 Å². The average Bonchev–Trinajstić information content (AvgIpc) is 3.13. The van der Waals surface area contributed by atoms with E-state index in [-0.39, 0.29) is 12.6 Å². The molecule has 1 aliphatic rings. The van der Waals surface area contributed by atoms with Crippen molar-refractivity contribution in [2.24, 2.45) is 5.92 Å². The van der Waals surface area contributed by atoms with E-state index in [1.54, 1.807) is 6.92 Å². The fraction of sp³-hybridized carbons (Fsp3) is 0.833. The van der Waals surface area contributed by atoms with Crippen molar-refractivity contribution < 1.29 is 14.7 Å². The molecule has 0 aromatic rings. The lowest BCUT2D eigenvalue weighted by molar-refractivity contribution is -0.141. The molecule has 0 aromatic heterocycles. The highest BCUT2D eigenvalue weighted by Crippen LogP contribution is 2.18. The Morgan fingerprint density at radius 3 is 2.56 bits per heavy atom. The van der Waals surface area contributed by atoms with Gasteiger partial charge < -0.3 is 21.1 Å². The number of nitrogens with one attached hydrogen (secondary N) is 3. The second kappa shape index (κ2) is 7.92. The zero-order valence-electron chi connectivity index (χ0n) is 10.9. The molecule has 0 radical (unpaired) electrons. The van der Waals surface area contributed by atoms with Crippen LogP contribution in [0.5, 0.6) is 0 Å². The van der Waals surface area contributed by atoms with Crippen molar-refractivity contribution in [1.29, 1.82) is 0 Å². The third kappa shape index (κ3) is 6.44. The number of aliphatic carboxylic acids is 1. The third-order valence-corrected chi connectivity index (χ3v) is 3.00. The van der Waals surface area contributed by atoms with Gasteiger partial charge in [-0.15, -0.1) is 0 Å². The van der Waals surface area contributed by atoms with Crippen LogP contribution in [0.2, 0.25) is 0 Å².